The molecule has 3 N–H and O–H groups in total. The Hall–Kier alpha value is -2.31. The van der Waals surface area contributed by atoms with Gasteiger partial charge in [0.25, 0.3) is 0 Å². The zero-order chi connectivity index (χ0) is 19.0. The van der Waals surface area contributed by atoms with Crippen LogP contribution in [0.15, 0.2) is 53.5 Å². The van der Waals surface area contributed by atoms with Crippen LogP contribution in [0.5, 0.6) is 0 Å². The molecule has 0 aliphatic carbocycles. The van der Waals surface area contributed by atoms with E-state index in [-0.39, 0.29) is 30.4 Å². The minimum Gasteiger partial charge on any atom is -0.379 e. The van der Waals surface area contributed by atoms with E-state index < -0.39 is 5.54 Å². The number of para-hydroxylation sites is 1. The largest absolute Gasteiger partial charge is 0.379 e. The third-order valence-electron chi connectivity index (χ3n) is 5.00. The normalized spacial score (nSPS) is 19.1. The number of benzene rings is 2. The summed E-state index contributed by atoms with van der Waals surface area (Å²) in [4.78, 5) is 20.3. The minimum absolute atomic E-state index is 0. The highest BCUT2D eigenvalue weighted by molar-refractivity contribution is 8.13. The van der Waals surface area contributed by atoms with Crippen molar-refractivity contribution in [1.29, 1.82) is 0 Å². The van der Waals surface area contributed by atoms with E-state index in [1.807, 2.05) is 37.3 Å². The summed E-state index contributed by atoms with van der Waals surface area (Å²) in [5.74, 6) is 0.447. The molecule has 0 spiro atoms. The summed E-state index contributed by atoms with van der Waals surface area (Å²) in [6.45, 7) is 1.89. The van der Waals surface area contributed by atoms with Crippen LogP contribution < -0.4 is 5.73 Å². The summed E-state index contributed by atoms with van der Waals surface area (Å²) in [6, 6.07) is 14.4. The maximum absolute atomic E-state index is 14.5. The average molecular weight is 418 g/mol. The van der Waals surface area contributed by atoms with E-state index in [4.69, 9.17) is 5.73 Å². The monoisotopic (exact) mass is 417 g/mol. The Kier molecular flexibility index (Phi) is 5.82. The van der Waals surface area contributed by atoms with Crippen LogP contribution in [0.1, 0.15) is 35.0 Å². The number of amidine groups is 1. The van der Waals surface area contributed by atoms with Crippen molar-refractivity contribution in [3.8, 4) is 0 Å². The maximum atomic E-state index is 14.5. The zero-order valence-electron chi connectivity index (χ0n) is 15.4. The lowest BCUT2D eigenvalue weighted by Gasteiger charge is -2.30. The van der Waals surface area contributed by atoms with Crippen LogP contribution in [0.3, 0.4) is 0 Å². The predicted octanol–water partition coefficient (Wildman–Crippen LogP) is 4.82. The molecular weight excluding hydrogens is 397 g/mol. The molecule has 4 nitrogen and oxygen atoms in total. The number of aromatic nitrogens is 1. The molecule has 2 heterocycles. The first-order valence-electron chi connectivity index (χ1n) is 8.83. The molecule has 1 aliphatic rings. The summed E-state index contributed by atoms with van der Waals surface area (Å²) in [5.41, 5.74) is 7.92. The van der Waals surface area contributed by atoms with E-state index in [0.29, 0.717) is 22.8 Å². The van der Waals surface area contributed by atoms with Crippen LogP contribution in [0.2, 0.25) is 0 Å². The minimum atomic E-state index is -0.695. The third kappa shape index (κ3) is 3.93. The number of aromatic amines is 1. The molecule has 0 fully saturated rings. The van der Waals surface area contributed by atoms with Crippen molar-refractivity contribution in [2.45, 2.75) is 25.3 Å². The number of ketones is 1. The molecule has 7 heteroatoms. The van der Waals surface area contributed by atoms with Gasteiger partial charge in [-0.05, 0) is 43.2 Å². The van der Waals surface area contributed by atoms with Gasteiger partial charge in [-0.2, -0.15) is 0 Å². The molecule has 146 valence electrons. The van der Waals surface area contributed by atoms with Crippen molar-refractivity contribution in [3.63, 3.8) is 0 Å². The van der Waals surface area contributed by atoms with Crippen LogP contribution in [0, 0.1) is 5.82 Å². The number of rotatable bonds is 4. The zero-order valence-corrected chi connectivity index (χ0v) is 17.0. The summed E-state index contributed by atoms with van der Waals surface area (Å²) >= 11 is 1.48. The highest BCUT2D eigenvalue weighted by Crippen LogP contribution is 2.36. The molecule has 28 heavy (non-hydrogen) atoms. The Balaban J connectivity index is 0.00000225. The first kappa shape index (κ1) is 20.4. The Morgan fingerprint density at radius 1 is 1.29 bits per heavy atom. The van der Waals surface area contributed by atoms with Gasteiger partial charge in [-0.15, -0.1) is 12.4 Å². The number of aliphatic imine (C=N–C) groups is 1. The number of nitrogens with zero attached hydrogens (tertiary/aromatic N) is 1. The SMILES string of the molecule is C[C@@]1(c2cc(CC(=O)c3cc4ccccc4[nH]3)ccc2F)CCSC(N)=N1.Cl. The van der Waals surface area contributed by atoms with Crippen LogP contribution in [0.25, 0.3) is 10.9 Å². The van der Waals surface area contributed by atoms with Crippen molar-refractivity contribution in [2.24, 2.45) is 10.7 Å². The third-order valence-corrected chi connectivity index (χ3v) is 5.80. The molecule has 0 radical (unpaired) electrons. The van der Waals surface area contributed by atoms with Crippen LogP contribution >= 0.6 is 24.2 Å². The first-order chi connectivity index (χ1) is 12.9. The van der Waals surface area contributed by atoms with E-state index in [0.717, 1.165) is 22.2 Å². The number of carbonyl (C=O) groups excluding carboxylic acids is 1. The standard InChI is InChI=1S/C21H20FN3OS.ClH/c1-21(8-9-27-20(23)25-21)15-10-13(6-7-16(15)22)11-19(26)18-12-14-4-2-3-5-17(14)24-18;/h2-7,10,12,24H,8-9,11H2,1H3,(H2,23,25);1H/t21-;/m0./s1. The highest BCUT2D eigenvalue weighted by atomic mass is 35.5. The van der Waals surface area contributed by atoms with Crippen LogP contribution in [0.4, 0.5) is 4.39 Å². The molecule has 2 aromatic carbocycles. The number of hydrogen-bond acceptors (Lipinski definition) is 4. The number of H-pyrrole nitrogens is 1. The molecule has 0 saturated heterocycles. The highest BCUT2D eigenvalue weighted by Gasteiger charge is 2.32. The summed E-state index contributed by atoms with van der Waals surface area (Å²) in [7, 11) is 0. The van der Waals surface area contributed by atoms with Crippen LogP contribution in [-0.4, -0.2) is 21.7 Å². The topological polar surface area (TPSA) is 71.2 Å². The Morgan fingerprint density at radius 3 is 2.82 bits per heavy atom. The predicted molar refractivity (Wildman–Crippen MR) is 116 cm³/mol. The smallest absolute Gasteiger partial charge is 0.183 e. The number of hydrogen-bond donors (Lipinski definition) is 2. The van der Waals surface area contributed by atoms with Crippen molar-refractivity contribution in [1.82, 2.24) is 4.98 Å². The second kappa shape index (κ2) is 7.97. The van der Waals surface area contributed by atoms with E-state index in [1.54, 1.807) is 12.1 Å². The van der Waals surface area contributed by atoms with Gasteiger partial charge in [-0.3, -0.25) is 9.79 Å². The lowest BCUT2D eigenvalue weighted by molar-refractivity contribution is 0.0989. The number of nitrogens with two attached hydrogens (primary N) is 1. The Bertz CT molecular complexity index is 1030. The van der Waals surface area contributed by atoms with Gasteiger partial charge < -0.3 is 10.7 Å². The van der Waals surface area contributed by atoms with E-state index in [9.17, 15) is 9.18 Å². The fraction of sp³-hybridized carbons (Fsp3) is 0.238. The quantitative estimate of drug-likeness (QED) is 0.598. The van der Waals surface area contributed by atoms with Gasteiger partial charge in [0.15, 0.2) is 11.0 Å². The fourth-order valence-corrected chi connectivity index (χ4v) is 4.45. The van der Waals surface area contributed by atoms with Crippen LogP contribution in [-0.2, 0) is 12.0 Å². The molecule has 4 rings (SSSR count). The number of halogens is 2. The van der Waals surface area contributed by atoms with Crippen molar-refractivity contribution >= 4 is 46.0 Å². The van der Waals surface area contributed by atoms with Gasteiger partial charge in [-0.25, -0.2) is 4.39 Å². The Morgan fingerprint density at radius 2 is 2.07 bits per heavy atom. The fourth-order valence-electron chi connectivity index (χ4n) is 3.48. The number of fused-ring (bicyclic) bond motifs is 1. The lowest BCUT2D eigenvalue weighted by Crippen LogP contribution is -2.29. The van der Waals surface area contributed by atoms with E-state index in [2.05, 4.69) is 9.98 Å². The number of thioether (sulfide) groups is 1. The summed E-state index contributed by atoms with van der Waals surface area (Å²) in [6.07, 6.45) is 0.902. The van der Waals surface area contributed by atoms with Gasteiger partial charge >= 0.3 is 0 Å². The molecule has 0 saturated carbocycles. The second-order valence-corrected chi connectivity index (χ2v) is 8.12. The molecular formula is C21H21ClFN3OS. The molecule has 1 atom stereocenters. The van der Waals surface area contributed by atoms with Gasteiger partial charge in [0, 0.05) is 28.6 Å². The number of carbonyl (C=O) groups is 1. The lowest BCUT2D eigenvalue weighted by atomic mass is 9.87. The van der Waals surface area contributed by atoms with E-state index in [1.165, 1.54) is 17.8 Å². The average Bonchev–Trinajstić information content (AvgIpc) is 3.07. The van der Waals surface area contributed by atoms with Gasteiger partial charge in [0.05, 0.1) is 11.2 Å². The van der Waals surface area contributed by atoms with E-state index >= 15 is 0 Å². The molecule has 0 bridgehead atoms. The van der Waals surface area contributed by atoms with Gasteiger partial charge in [-0.1, -0.05) is 36.0 Å². The summed E-state index contributed by atoms with van der Waals surface area (Å²) < 4.78 is 14.5. The van der Waals surface area contributed by atoms with Gasteiger partial charge in [0.1, 0.15) is 5.82 Å². The maximum Gasteiger partial charge on any atom is 0.183 e. The van der Waals surface area contributed by atoms with Crippen molar-refractivity contribution in [3.05, 3.63) is 71.2 Å². The van der Waals surface area contributed by atoms with Crippen molar-refractivity contribution < 1.29 is 9.18 Å². The number of nitrogens with one attached hydrogen (secondary N) is 1. The molecule has 0 unspecified atom stereocenters. The molecule has 3 aromatic rings. The van der Waals surface area contributed by atoms with Crippen molar-refractivity contribution in [2.75, 3.05) is 5.75 Å². The summed E-state index contributed by atoms with van der Waals surface area (Å²) in [5, 5.41) is 1.47. The first-order valence-corrected chi connectivity index (χ1v) is 9.81. The van der Waals surface area contributed by atoms with Gasteiger partial charge in [0.2, 0.25) is 0 Å². The second-order valence-electron chi connectivity index (χ2n) is 7.01. The molecule has 0 amide bonds. The Labute approximate surface area is 173 Å². The molecule has 1 aliphatic heterocycles. The number of Topliss-reactive ketones (excluding diaryl/α,β-unsaturated/α-hetero) is 1. The molecule has 1 aromatic heterocycles.